The van der Waals surface area contributed by atoms with Gasteiger partial charge in [-0.25, -0.2) is 0 Å². The molecule has 4 heteroatoms. The van der Waals surface area contributed by atoms with E-state index in [1.165, 1.54) is 12.8 Å². The van der Waals surface area contributed by atoms with Crippen molar-refractivity contribution in [1.29, 1.82) is 0 Å². The molecule has 0 saturated carbocycles. The second-order valence-electron chi connectivity index (χ2n) is 3.95. The van der Waals surface area contributed by atoms with Gasteiger partial charge in [-0.3, -0.25) is 0 Å². The molecule has 2 rings (SSSR count). The Bertz CT molecular complexity index is 351. The fourth-order valence-corrected chi connectivity index (χ4v) is 2.25. The first kappa shape index (κ1) is 12.0. The van der Waals surface area contributed by atoms with Crippen molar-refractivity contribution in [3.8, 4) is 0 Å². The van der Waals surface area contributed by atoms with E-state index in [0.29, 0.717) is 16.1 Å². The van der Waals surface area contributed by atoms with E-state index in [4.69, 9.17) is 27.9 Å². The highest BCUT2D eigenvalue weighted by atomic mass is 35.5. The summed E-state index contributed by atoms with van der Waals surface area (Å²) in [4.78, 5) is 0. The van der Waals surface area contributed by atoms with Gasteiger partial charge in [0, 0.05) is 13.2 Å². The number of hydrogen-bond acceptors (Lipinski definition) is 2. The van der Waals surface area contributed by atoms with E-state index in [0.717, 1.165) is 25.3 Å². The van der Waals surface area contributed by atoms with Crippen LogP contribution in [0, 0.1) is 0 Å². The molecule has 0 bridgehead atoms. The fourth-order valence-electron chi connectivity index (χ4n) is 1.88. The molecule has 0 aromatic heterocycles. The average molecular weight is 260 g/mol. The molecule has 1 aliphatic rings. The maximum Gasteiger partial charge on any atom is 0.0823 e. The quantitative estimate of drug-likeness (QED) is 0.884. The van der Waals surface area contributed by atoms with Gasteiger partial charge in [0.15, 0.2) is 0 Å². The number of ether oxygens (including phenoxy) is 1. The summed E-state index contributed by atoms with van der Waals surface area (Å²) < 4.78 is 5.55. The van der Waals surface area contributed by atoms with Crippen molar-refractivity contribution >= 4 is 28.9 Å². The summed E-state index contributed by atoms with van der Waals surface area (Å²) >= 11 is 12.0. The molecule has 1 saturated heterocycles. The van der Waals surface area contributed by atoms with Crippen LogP contribution in [-0.4, -0.2) is 19.3 Å². The minimum absolute atomic E-state index is 0.408. The number of nitrogens with one attached hydrogen (secondary N) is 1. The second-order valence-corrected chi connectivity index (χ2v) is 4.74. The molecule has 1 aliphatic heterocycles. The normalized spacial score (nSPS) is 20.0. The molecular weight excluding hydrogens is 245 g/mol. The molecular formula is C12H15Cl2NO. The molecule has 88 valence electrons. The number of benzene rings is 1. The summed E-state index contributed by atoms with van der Waals surface area (Å²) in [5.41, 5.74) is 0.896. The lowest BCUT2D eigenvalue weighted by molar-refractivity contribution is 0.107. The fraction of sp³-hybridized carbons (Fsp3) is 0.500. The number of hydrogen-bond donors (Lipinski definition) is 1. The van der Waals surface area contributed by atoms with Crippen LogP contribution in [0.3, 0.4) is 0 Å². The summed E-state index contributed by atoms with van der Waals surface area (Å²) in [6.45, 7) is 1.77. The summed E-state index contributed by atoms with van der Waals surface area (Å²) in [6, 6.07) is 5.61. The number of rotatable bonds is 4. The Morgan fingerprint density at radius 2 is 2.25 bits per heavy atom. The van der Waals surface area contributed by atoms with Crippen LogP contribution >= 0.6 is 23.2 Å². The van der Waals surface area contributed by atoms with Gasteiger partial charge in [-0.05, 0) is 31.4 Å². The second kappa shape index (κ2) is 5.76. The van der Waals surface area contributed by atoms with Crippen LogP contribution in [0.1, 0.15) is 19.3 Å². The Kier molecular flexibility index (Phi) is 4.33. The van der Waals surface area contributed by atoms with Gasteiger partial charge >= 0.3 is 0 Å². The predicted molar refractivity (Wildman–Crippen MR) is 68.5 cm³/mol. The third-order valence-corrected chi connectivity index (χ3v) is 3.58. The maximum atomic E-state index is 6.06. The molecule has 1 N–H and O–H groups in total. The standard InChI is InChI=1S/C12H15Cl2NO/c13-10-4-1-5-11(12(10)14)15-7-6-9-3-2-8-16-9/h1,4-5,9,15H,2-3,6-8H2. The molecule has 1 aromatic carbocycles. The van der Waals surface area contributed by atoms with Gasteiger partial charge in [0.25, 0.3) is 0 Å². The molecule has 1 aromatic rings. The van der Waals surface area contributed by atoms with Crippen LogP contribution in [0.15, 0.2) is 18.2 Å². The highest BCUT2D eigenvalue weighted by Gasteiger charge is 2.14. The highest BCUT2D eigenvalue weighted by Crippen LogP contribution is 2.29. The van der Waals surface area contributed by atoms with Crippen molar-refractivity contribution in [2.24, 2.45) is 0 Å². The van der Waals surface area contributed by atoms with Gasteiger partial charge in [-0.15, -0.1) is 0 Å². The van der Waals surface area contributed by atoms with Crippen molar-refractivity contribution in [3.63, 3.8) is 0 Å². The molecule has 0 spiro atoms. The lowest BCUT2D eigenvalue weighted by Crippen LogP contribution is -2.12. The molecule has 0 radical (unpaired) electrons. The van der Waals surface area contributed by atoms with Gasteiger partial charge in [0.1, 0.15) is 0 Å². The predicted octanol–water partition coefficient (Wildman–Crippen LogP) is 3.97. The van der Waals surface area contributed by atoms with E-state index in [-0.39, 0.29) is 0 Å². The Balaban J connectivity index is 1.82. The molecule has 16 heavy (non-hydrogen) atoms. The van der Waals surface area contributed by atoms with Gasteiger partial charge in [-0.2, -0.15) is 0 Å². The highest BCUT2D eigenvalue weighted by molar-refractivity contribution is 6.43. The summed E-state index contributed by atoms with van der Waals surface area (Å²) in [6.07, 6.45) is 3.78. The Labute approximate surface area is 106 Å². The lowest BCUT2D eigenvalue weighted by atomic mass is 10.2. The van der Waals surface area contributed by atoms with E-state index < -0.39 is 0 Å². The minimum atomic E-state index is 0.408. The monoisotopic (exact) mass is 259 g/mol. The van der Waals surface area contributed by atoms with Gasteiger partial charge < -0.3 is 10.1 Å². The molecule has 1 heterocycles. The zero-order valence-electron chi connectivity index (χ0n) is 9.01. The maximum absolute atomic E-state index is 6.06. The minimum Gasteiger partial charge on any atom is -0.384 e. The lowest BCUT2D eigenvalue weighted by Gasteiger charge is -2.12. The third-order valence-electron chi connectivity index (χ3n) is 2.76. The van der Waals surface area contributed by atoms with Crippen LogP contribution in [-0.2, 0) is 4.74 Å². The average Bonchev–Trinajstić information content (AvgIpc) is 2.77. The van der Waals surface area contributed by atoms with Crippen molar-refractivity contribution in [1.82, 2.24) is 0 Å². The van der Waals surface area contributed by atoms with E-state index in [2.05, 4.69) is 5.32 Å². The van der Waals surface area contributed by atoms with Crippen LogP contribution in [0.5, 0.6) is 0 Å². The molecule has 0 amide bonds. The molecule has 2 nitrogen and oxygen atoms in total. The van der Waals surface area contributed by atoms with Gasteiger partial charge in [0.2, 0.25) is 0 Å². The van der Waals surface area contributed by atoms with Crippen LogP contribution < -0.4 is 5.32 Å². The topological polar surface area (TPSA) is 21.3 Å². The van der Waals surface area contributed by atoms with E-state index >= 15 is 0 Å². The van der Waals surface area contributed by atoms with Crippen molar-refractivity contribution < 1.29 is 4.74 Å². The summed E-state index contributed by atoms with van der Waals surface area (Å²) in [7, 11) is 0. The first-order valence-corrected chi connectivity index (χ1v) is 6.32. The molecule has 1 atom stereocenters. The van der Waals surface area contributed by atoms with E-state index in [1.807, 2.05) is 12.1 Å². The largest absolute Gasteiger partial charge is 0.384 e. The van der Waals surface area contributed by atoms with Crippen LogP contribution in [0.25, 0.3) is 0 Å². The SMILES string of the molecule is Clc1cccc(NCCC2CCCO2)c1Cl. The summed E-state index contributed by atoms with van der Waals surface area (Å²) in [5.74, 6) is 0. The zero-order valence-corrected chi connectivity index (χ0v) is 10.5. The van der Waals surface area contributed by atoms with Crippen LogP contribution in [0.4, 0.5) is 5.69 Å². The van der Waals surface area contributed by atoms with Crippen LogP contribution in [0.2, 0.25) is 10.0 Å². The Morgan fingerprint density at radius 3 is 3.00 bits per heavy atom. The zero-order chi connectivity index (χ0) is 11.4. The molecule has 1 unspecified atom stereocenters. The molecule has 1 fully saturated rings. The van der Waals surface area contributed by atoms with Crippen molar-refractivity contribution in [3.05, 3.63) is 28.2 Å². The first-order chi connectivity index (χ1) is 7.77. The number of anilines is 1. The van der Waals surface area contributed by atoms with Gasteiger partial charge in [-0.1, -0.05) is 29.3 Å². The van der Waals surface area contributed by atoms with E-state index in [9.17, 15) is 0 Å². The van der Waals surface area contributed by atoms with E-state index in [1.54, 1.807) is 6.07 Å². The smallest absolute Gasteiger partial charge is 0.0823 e. The Morgan fingerprint density at radius 1 is 1.38 bits per heavy atom. The molecule has 0 aliphatic carbocycles. The third kappa shape index (κ3) is 3.03. The Hall–Kier alpha value is -0.440. The van der Waals surface area contributed by atoms with Gasteiger partial charge in [0.05, 0.1) is 21.8 Å². The van der Waals surface area contributed by atoms with Crippen molar-refractivity contribution in [2.45, 2.75) is 25.4 Å². The number of halogens is 2. The summed E-state index contributed by atoms with van der Waals surface area (Å²) in [5, 5.41) is 4.47. The van der Waals surface area contributed by atoms with Crippen molar-refractivity contribution in [2.75, 3.05) is 18.5 Å². The first-order valence-electron chi connectivity index (χ1n) is 5.57.